The summed E-state index contributed by atoms with van der Waals surface area (Å²) < 4.78 is 0. The first-order chi connectivity index (χ1) is 12.0. The van der Waals surface area contributed by atoms with Crippen LogP contribution >= 0.6 is 0 Å². The first-order valence-corrected chi connectivity index (χ1v) is 12.0. The fraction of sp³-hybridized carbons (Fsp3) is 1.00. The van der Waals surface area contributed by atoms with Crippen molar-refractivity contribution in [2.24, 2.45) is 52.3 Å². The maximum Gasteiger partial charge on any atom is -0.0167 e. The van der Waals surface area contributed by atoms with Crippen LogP contribution < -0.4 is 0 Å². The van der Waals surface area contributed by atoms with Crippen molar-refractivity contribution in [3.63, 3.8) is 0 Å². The molecule has 1 saturated carbocycles. The van der Waals surface area contributed by atoms with Crippen molar-refractivity contribution in [2.45, 2.75) is 115 Å². The predicted octanol–water partition coefficient (Wildman–Crippen LogP) is 8.85. The Hall–Kier alpha value is 0. The molecule has 0 N–H and O–H groups in total. The van der Waals surface area contributed by atoms with Crippen LogP contribution in [0.5, 0.6) is 0 Å². The second-order valence-corrected chi connectivity index (χ2v) is 11.0. The lowest BCUT2D eigenvalue weighted by Crippen LogP contribution is -2.56. The molecule has 0 saturated heterocycles. The molecule has 0 spiro atoms. The van der Waals surface area contributed by atoms with Gasteiger partial charge in [-0.3, -0.25) is 0 Å². The van der Waals surface area contributed by atoms with Crippen LogP contribution in [0.2, 0.25) is 0 Å². The zero-order valence-corrected chi connectivity index (χ0v) is 20.3. The maximum atomic E-state index is 2.66. The van der Waals surface area contributed by atoms with Gasteiger partial charge in [-0.15, -0.1) is 0 Å². The predicted molar refractivity (Wildman–Crippen MR) is 119 cm³/mol. The average Bonchev–Trinajstić information content (AvgIpc) is 3.40. The number of hydrogen-bond donors (Lipinski definition) is 0. The molecule has 4 unspecified atom stereocenters. The van der Waals surface area contributed by atoms with Gasteiger partial charge < -0.3 is 0 Å². The molecular weight excluding hydrogens is 312 g/mol. The van der Waals surface area contributed by atoms with E-state index in [1.165, 1.54) is 38.5 Å². The molecule has 0 heteroatoms. The van der Waals surface area contributed by atoms with Gasteiger partial charge in [-0.05, 0) is 77.9 Å². The van der Waals surface area contributed by atoms with E-state index in [4.69, 9.17) is 0 Å². The second-order valence-electron chi connectivity index (χ2n) is 11.0. The monoisotopic (exact) mass is 364 g/mol. The van der Waals surface area contributed by atoms with Crippen LogP contribution in [0.3, 0.4) is 0 Å². The third-order valence-electron chi connectivity index (χ3n) is 9.20. The van der Waals surface area contributed by atoms with E-state index in [9.17, 15) is 0 Å². The summed E-state index contributed by atoms with van der Waals surface area (Å²) in [4.78, 5) is 0. The molecule has 0 aromatic carbocycles. The van der Waals surface area contributed by atoms with Crippen molar-refractivity contribution in [3.05, 3.63) is 0 Å². The molecule has 0 amide bonds. The summed E-state index contributed by atoms with van der Waals surface area (Å²) in [7, 11) is 0. The van der Waals surface area contributed by atoms with Crippen molar-refractivity contribution < 1.29 is 0 Å². The SMILES string of the molecule is CCC(CCC(C)C1CC1)C(C(C)C)(C(C)C)C(C)(CC)C(C)C(C)C. The lowest BCUT2D eigenvalue weighted by atomic mass is 9.43. The third-order valence-corrected chi connectivity index (χ3v) is 9.20. The Labute approximate surface area is 167 Å². The van der Waals surface area contributed by atoms with Crippen LogP contribution in [-0.2, 0) is 0 Å². The van der Waals surface area contributed by atoms with Gasteiger partial charge in [0.2, 0.25) is 0 Å². The van der Waals surface area contributed by atoms with Crippen molar-refractivity contribution in [3.8, 4) is 0 Å². The van der Waals surface area contributed by atoms with E-state index in [1.54, 1.807) is 0 Å². The minimum absolute atomic E-state index is 0.396. The smallest absolute Gasteiger partial charge is 0.0167 e. The van der Waals surface area contributed by atoms with Crippen molar-refractivity contribution in [1.29, 1.82) is 0 Å². The summed E-state index contributed by atoms with van der Waals surface area (Å²) in [5.41, 5.74) is 0.816. The quantitative estimate of drug-likeness (QED) is 0.324. The molecule has 0 bridgehead atoms. The van der Waals surface area contributed by atoms with Gasteiger partial charge in [0.1, 0.15) is 0 Å². The van der Waals surface area contributed by atoms with Gasteiger partial charge in [0.05, 0.1) is 0 Å². The fourth-order valence-corrected chi connectivity index (χ4v) is 7.30. The molecule has 0 aromatic rings. The highest BCUT2D eigenvalue weighted by Crippen LogP contribution is 2.63. The largest absolute Gasteiger partial charge is 0.0651 e. The zero-order chi connectivity index (χ0) is 20.3. The van der Waals surface area contributed by atoms with Gasteiger partial charge in [0.25, 0.3) is 0 Å². The molecule has 1 aliphatic carbocycles. The molecule has 1 aliphatic rings. The lowest BCUT2D eigenvalue weighted by molar-refractivity contribution is -0.139. The standard InChI is InChI=1S/C26H52/c1-12-24(17-14-21(9)23-15-16-23)26(19(5)6,20(7)8)25(11,13-2)22(10)18(3)4/h18-24H,12-17H2,1-11H3. The van der Waals surface area contributed by atoms with E-state index in [1.807, 2.05) is 0 Å². The van der Waals surface area contributed by atoms with E-state index in [0.717, 1.165) is 41.4 Å². The zero-order valence-electron chi connectivity index (χ0n) is 20.3. The first-order valence-electron chi connectivity index (χ1n) is 12.0. The third kappa shape index (κ3) is 4.35. The minimum Gasteiger partial charge on any atom is -0.0651 e. The van der Waals surface area contributed by atoms with Crippen molar-refractivity contribution in [1.82, 2.24) is 0 Å². The Morgan fingerprint density at radius 2 is 1.31 bits per heavy atom. The van der Waals surface area contributed by atoms with Gasteiger partial charge >= 0.3 is 0 Å². The van der Waals surface area contributed by atoms with E-state index in [-0.39, 0.29) is 0 Å². The molecule has 4 atom stereocenters. The van der Waals surface area contributed by atoms with E-state index >= 15 is 0 Å². The topological polar surface area (TPSA) is 0 Å². The van der Waals surface area contributed by atoms with Gasteiger partial charge in [-0.2, -0.15) is 0 Å². The highest BCUT2D eigenvalue weighted by Gasteiger charge is 2.57. The molecule has 0 aromatic heterocycles. The summed E-state index contributed by atoms with van der Waals surface area (Å²) in [5, 5.41) is 0. The molecule has 1 rings (SSSR count). The molecular formula is C26H52. The molecule has 0 radical (unpaired) electrons. The van der Waals surface area contributed by atoms with Gasteiger partial charge in [0.15, 0.2) is 0 Å². The summed E-state index contributed by atoms with van der Waals surface area (Å²) in [6.07, 6.45) is 8.51. The van der Waals surface area contributed by atoms with Gasteiger partial charge in [0, 0.05) is 0 Å². The van der Waals surface area contributed by atoms with E-state index in [2.05, 4.69) is 76.2 Å². The van der Waals surface area contributed by atoms with Crippen LogP contribution in [0, 0.1) is 52.3 Å². The van der Waals surface area contributed by atoms with Crippen LogP contribution in [-0.4, -0.2) is 0 Å². The first kappa shape index (κ1) is 24.0. The maximum absolute atomic E-state index is 2.66. The van der Waals surface area contributed by atoms with E-state index in [0.29, 0.717) is 10.8 Å². The fourth-order valence-electron chi connectivity index (χ4n) is 7.30. The van der Waals surface area contributed by atoms with Crippen molar-refractivity contribution >= 4 is 0 Å². The van der Waals surface area contributed by atoms with Crippen LogP contribution in [0.4, 0.5) is 0 Å². The summed E-state index contributed by atoms with van der Waals surface area (Å²) in [6, 6.07) is 0. The van der Waals surface area contributed by atoms with E-state index < -0.39 is 0 Å². The second kappa shape index (κ2) is 9.47. The average molecular weight is 365 g/mol. The van der Waals surface area contributed by atoms with Crippen molar-refractivity contribution in [2.75, 3.05) is 0 Å². The lowest BCUT2D eigenvalue weighted by Gasteiger charge is -2.62. The van der Waals surface area contributed by atoms with Gasteiger partial charge in [-0.25, -0.2) is 0 Å². The Kier molecular flexibility index (Phi) is 8.75. The highest BCUT2D eigenvalue weighted by molar-refractivity contribution is 5.05. The Bertz CT molecular complexity index is 392. The summed E-state index contributed by atoms with van der Waals surface area (Å²) >= 11 is 0. The summed E-state index contributed by atoms with van der Waals surface area (Å²) in [5.74, 6) is 5.80. The minimum atomic E-state index is 0.396. The molecule has 0 aliphatic heterocycles. The van der Waals surface area contributed by atoms with Crippen LogP contribution in [0.25, 0.3) is 0 Å². The normalized spacial score (nSPS) is 21.9. The summed E-state index contributed by atoms with van der Waals surface area (Å²) in [6.45, 7) is 27.7. The molecule has 156 valence electrons. The molecule has 0 heterocycles. The van der Waals surface area contributed by atoms with Crippen LogP contribution in [0.1, 0.15) is 115 Å². The molecule has 0 nitrogen and oxygen atoms in total. The number of rotatable bonds is 12. The Balaban J connectivity index is 3.32. The highest BCUT2D eigenvalue weighted by atomic mass is 14.6. The Morgan fingerprint density at radius 1 is 0.808 bits per heavy atom. The Morgan fingerprint density at radius 3 is 1.62 bits per heavy atom. The van der Waals surface area contributed by atoms with Gasteiger partial charge in [-0.1, -0.05) is 89.0 Å². The molecule has 26 heavy (non-hydrogen) atoms. The molecule has 1 fully saturated rings. The number of hydrogen-bond acceptors (Lipinski definition) is 0. The van der Waals surface area contributed by atoms with Crippen LogP contribution in [0.15, 0.2) is 0 Å².